The molecule has 0 saturated heterocycles. The lowest BCUT2D eigenvalue weighted by atomic mass is 10.1. The standard InChI is InChI=1S/C10H10N2O2/c1-5-4-11-9-7(6(5)2)3-8(12-9)10(13)14/h3-4H,1-2H3,(H,11,12)(H,13,14). The quantitative estimate of drug-likeness (QED) is 0.721. The lowest BCUT2D eigenvalue weighted by molar-refractivity contribution is 0.0691. The third kappa shape index (κ3) is 1.16. The van der Waals surface area contributed by atoms with Crippen molar-refractivity contribution in [1.29, 1.82) is 0 Å². The summed E-state index contributed by atoms with van der Waals surface area (Å²) in [4.78, 5) is 17.6. The molecule has 0 radical (unpaired) electrons. The van der Waals surface area contributed by atoms with Gasteiger partial charge in [0.2, 0.25) is 0 Å². The maximum atomic E-state index is 10.7. The van der Waals surface area contributed by atoms with Crippen molar-refractivity contribution in [3.05, 3.63) is 29.1 Å². The van der Waals surface area contributed by atoms with Crippen LogP contribution < -0.4 is 0 Å². The van der Waals surface area contributed by atoms with E-state index in [1.54, 1.807) is 12.3 Å². The number of carbonyl (C=O) groups is 1. The third-order valence-electron chi connectivity index (χ3n) is 2.41. The molecule has 4 nitrogen and oxygen atoms in total. The molecule has 4 heteroatoms. The number of aromatic nitrogens is 2. The van der Waals surface area contributed by atoms with Crippen molar-refractivity contribution in [3.63, 3.8) is 0 Å². The minimum Gasteiger partial charge on any atom is -0.477 e. The van der Waals surface area contributed by atoms with Gasteiger partial charge >= 0.3 is 5.97 Å². The molecule has 0 aliphatic rings. The zero-order chi connectivity index (χ0) is 10.3. The highest BCUT2D eigenvalue weighted by Gasteiger charge is 2.10. The van der Waals surface area contributed by atoms with Gasteiger partial charge in [0.1, 0.15) is 11.3 Å². The summed E-state index contributed by atoms with van der Waals surface area (Å²) in [6, 6.07) is 1.62. The van der Waals surface area contributed by atoms with E-state index in [1.807, 2.05) is 13.8 Å². The molecule has 0 aromatic carbocycles. The highest BCUT2D eigenvalue weighted by molar-refractivity contribution is 5.93. The Morgan fingerprint density at radius 3 is 2.86 bits per heavy atom. The van der Waals surface area contributed by atoms with Gasteiger partial charge in [-0.2, -0.15) is 0 Å². The minimum atomic E-state index is -0.958. The summed E-state index contributed by atoms with van der Waals surface area (Å²) in [7, 11) is 0. The molecule has 0 aliphatic carbocycles. The Morgan fingerprint density at radius 1 is 1.50 bits per heavy atom. The van der Waals surface area contributed by atoms with E-state index < -0.39 is 5.97 Å². The van der Waals surface area contributed by atoms with Gasteiger partial charge in [-0.1, -0.05) is 0 Å². The van der Waals surface area contributed by atoms with Crippen molar-refractivity contribution >= 4 is 17.0 Å². The predicted molar refractivity (Wildman–Crippen MR) is 52.5 cm³/mol. The van der Waals surface area contributed by atoms with Gasteiger partial charge in [0.25, 0.3) is 0 Å². The van der Waals surface area contributed by atoms with E-state index in [-0.39, 0.29) is 5.69 Å². The second-order valence-electron chi connectivity index (χ2n) is 3.32. The van der Waals surface area contributed by atoms with Crippen LogP contribution in [0.25, 0.3) is 11.0 Å². The molecule has 2 N–H and O–H groups in total. The number of aryl methyl sites for hydroxylation is 2. The van der Waals surface area contributed by atoms with Crippen LogP contribution in [-0.2, 0) is 0 Å². The van der Waals surface area contributed by atoms with Crippen molar-refractivity contribution in [2.24, 2.45) is 0 Å². The first-order valence-corrected chi connectivity index (χ1v) is 4.28. The Labute approximate surface area is 80.6 Å². The van der Waals surface area contributed by atoms with Crippen molar-refractivity contribution < 1.29 is 9.90 Å². The van der Waals surface area contributed by atoms with E-state index >= 15 is 0 Å². The van der Waals surface area contributed by atoms with Crippen molar-refractivity contribution in [3.8, 4) is 0 Å². The Morgan fingerprint density at radius 2 is 2.21 bits per heavy atom. The molecule has 2 aromatic heterocycles. The van der Waals surface area contributed by atoms with E-state index in [9.17, 15) is 4.79 Å². The minimum absolute atomic E-state index is 0.182. The van der Waals surface area contributed by atoms with Gasteiger partial charge in [0, 0.05) is 11.6 Å². The Balaban J connectivity index is 2.77. The fourth-order valence-electron chi connectivity index (χ4n) is 1.42. The SMILES string of the molecule is Cc1cnc2[nH]c(C(=O)O)cc2c1C. The molecule has 2 heterocycles. The summed E-state index contributed by atoms with van der Waals surface area (Å²) in [5.41, 5.74) is 2.94. The van der Waals surface area contributed by atoms with Gasteiger partial charge in [-0.25, -0.2) is 9.78 Å². The smallest absolute Gasteiger partial charge is 0.352 e. The van der Waals surface area contributed by atoms with Crippen LogP contribution in [0.2, 0.25) is 0 Å². The molecule has 14 heavy (non-hydrogen) atoms. The van der Waals surface area contributed by atoms with Gasteiger partial charge in [-0.3, -0.25) is 0 Å². The number of pyridine rings is 1. The molecular weight excluding hydrogens is 180 g/mol. The van der Waals surface area contributed by atoms with Gasteiger partial charge in [-0.15, -0.1) is 0 Å². The molecule has 0 spiro atoms. The van der Waals surface area contributed by atoms with Gasteiger partial charge in [-0.05, 0) is 31.0 Å². The van der Waals surface area contributed by atoms with Crippen LogP contribution in [0.3, 0.4) is 0 Å². The normalized spacial score (nSPS) is 10.7. The van der Waals surface area contributed by atoms with Crippen molar-refractivity contribution in [2.75, 3.05) is 0 Å². The van der Waals surface area contributed by atoms with E-state index in [2.05, 4.69) is 9.97 Å². The fraction of sp³-hybridized carbons (Fsp3) is 0.200. The van der Waals surface area contributed by atoms with E-state index in [1.165, 1.54) is 0 Å². The van der Waals surface area contributed by atoms with Crippen LogP contribution >= 0.6 is 0 Å². The van der Waals surface area contributed by atoms with Gasteiger partial charge < -0.3 is 10.1 Å². The molecule has 0 unspecified atom stereocenters. The maximum absolute atomic E-state index is 10.7. The molecule has 72 valence electrons. The van der Waals surface area contributed by atoms with E-state index in [0.717, 1.165) is 16.5 Å². The molecule has 2 aromatic rings. The maximum Gasteiger partial charge on any atom is 0.352 e. The van der Waals surface area contributed by atoms with Crippen LogP contribution in [0.5, 0.6) is 0 Å². The lowest BCUT2D eigenvalue weighted by Gasteiger charge is -1.98. The van der Waals surface area contributed by atoms with E-state index in [0.29, 0.717) is 5.65 Å². The summed E-state index contributed by atoms with van der Waals surface area (Å²) in [5, 5.41) is 9.66. The third-order valence-corrected chi connectivity index (χ3v) is 2.41. The summed E-state index contributed by atoms with van der Waals surface area (Å²) in [6.07, 6.45) is 1.74. The molecule has 0 bridgehead atoms. The molecule has 2 rings (SSSR count). The second-order valence-corrected chi connectivity index (χ2v) is 3.32. The first-order chi connectivity index (χ1) is 6.59. The number of nitrogens with one attached hydrogen (secondary N) is 1. The number of carboxylic acid groups (broad SMARTS) is 1. The highest BCUT2D eigenvalue weighted by Crippen LogP contribution is 2.19. The number of aromatic carboxylic acids is 1. The number of carboxylic acids is 1. The van der Waals surface area contributed by atoms with Crippen LogP contribution in [0.15, 0.2) is 12.3 Å². The summed E-state index contributed by atoms with van der Waals surface area (Å²) in [6.45, 7) is 3.91. The van der Waals surface area contributed by atoms with E-state index in [4.69, 9.17) is 5.11 Å². The number of nitrogens with zero attached hydrogens (tertiary/aromatic N) is 1. The van der Waals surface area contributed by atoms with Crippen LogP contribution in [0.1, 0.15) is 21.6 Å². The molecule has 0 saturated carbocycles. The summed E-state index contributed by atoms with van der Waals surface area (Å²) < 4.78 is 0. The van der Waals surface area contributed by atoms with Gasteiger partial charge in [0.15, 0.2) is 0 Å². The van der Waals surface area contributed by atoms with Crippen LogP contribution in [-0.4, -0.2) is 21.0 Å². The zero-order valence-electron chi connectivity index (χ0n) is 7.96. The lowest BCUT2D eigenvalue weighted by Crippen LogP contribution is -1.94. The average Bonchev–Trinajstić information content (AvgIpc) is 2.56. The van der Waals surface area contributed by atoms with Crippen molar-refractivity contribution in [1.82, 2.24) is 9.97 Å². The highest BCUT2D eigenvalue weighted by atomic mass is 16.4. The van der Waals surface area contributed by atoms with Crippen molar-refractivity contribution in [2.45, 2.75) is 13.8 Å². The number of H-pyrrole nitrogens is 1. The molecule has 0 aliphatic heterocycles. The number of hydrogen-bond acceptors (Lipinski definition) is 2. The average molecular weight is 190 g/mol. The number of aromatic amines is 1. The Bertz CT molecular complexity index is 514. The topological polar surface area (TPSA) is 66.0 Å². The summed E-state index contributed by atoms with van der Waals surface area (Å²) >= 11 is 0. The number of rotatable bonds is 1. The van der Waals surface area contributed by atoms with Gasteiger partial charge in [0.05, 0.1) is 0 Å². The largest absolute Gasteiger partial charge is 0.477 e. The fourth-order valence-corrected chi connectivity index (χ4v) is 1.42. The Kier molecular flexibility index (Phi) is 1.77. The predicted octanol–water partition coefficient (Wildman–Crippen LogP) is 1.88. The summed E-state index contributed by atoms with van der Waals surface area (Å²) in [5.74, 6) is -0.958. The molecule has 0 atom stereocenters. The monoisotopic (exact) mass is 190 g/mol. The molecule has 0 amide bonds. The Hall–Kier alpha value is -1.84. The molecule has 0 fully saturated rings. The first kappa shape index (κ1) is 8.74. The van der Waals surface area contributed by atoms with Crippen LogP contribution in [0, 0.1) is 13.8 Å². The second kappa shape index (κ2) is 2.83. The zero-order valence-corrected chi connectivity index (χ0v) is 7.96. The van der Waals surface area contributed by atoms with Crippen LogP contribution in [0.4, 0.5) is 0 Å². The molecular formula is C10H10N2O2. The number of fused-ring (bicyclic) bond motifs is 1. The first-order valence-electron chi connectivity index (χ1n) is 4.28. The number of hydrogen-bond donors (Lipinski definition) is 2.